The molecule has 3 aromatic heterocycles. The molecule has 4 N–H and O–H groups in total. The second-order valence-corrected chi connectivity index (χ2v) is 9.14. The lowest BCUT2D eigenvalue weighted by Gasteiger charge is -2.38. The van der Waals surface area contributed by atoms with Crippen molar-refractivity contribution in [2.45, 2.75) is 25.3 Å². The fraction of sp³-hybridized carbons (Fsp3) is 0.280. The minimum atomic E-state index is -0.331. The number of nitrogens with one attached hydrogen (secondary N) is 2. The van der Waals surface area contributed by atoms with Gasteiger partial charge in [0.05, 0.1) is 24.0 Å². The molecule has 1 aliphatic rings. The number of hydrogen-bond donors (Lipinski definition) is 3. The fourth-order valence-electron chi connectivity index (χ4n) is 4.72. The van der Waals surface area contributed by atoms with Gasteiger partial charge >= 0.3 is 0 Å². The Morgan fingerprint density at radius 2 is 2.09 bits per heavy atom. The molecular weight excluding hydrogens is 468 g/mol. The molecule has 4 heterocycles. The average Bonchev–Trinajstić information content (AvgIpc) is 3.51. The van der Waals surface area contributed by atoms with E-state index < -0.39 is 0 Å². The summed E-state index contributed by atoms with van der Waals surface area (Å²) in [5.41, 5.74) is 9.14. The van der Waals surface area contributed by atoms with Gasteiger partial charge < -0.3 is 20.4 Å². The van der Waals surface area contributed by atoms with Gasteiger partial charge in [-0.3, -0.25) is 14.7 Å². The zero-order valence-corrected chi connectivity index (χ0v) is 19.9. The summed E-state index contributed by atoms with van der Waals surface area (Å²) >= 11 is 6.31. The molecular formula is C25H25ClN6O3. The van der Waals surface area contributed by atoms with Gasteiger partial charge in [-0.2, -0.15) is 5.10 Å². The molecule has 1 aromatic carbocycles. The van der Waals surface area contributed by atoms with E-state index in [2.05, 4.69) is 26.2 Å². The first kappa shape index (κ1) is 22.9. The van der Waals surface area contributed by atoms with Crippen LogP contribution in [0.2, 0.25) is 5.02 Å². The van der Waals surface area contributed by atoms with Crippen LogP contribution in [-0.2, 0) is 11.2 Å². The van der Waals surface area contributed by atoms with E-state index >= 15 is 0 Å². The Bertz CT molecular complexity index is 1360. The minimum Gasteiger partial charge on any atom is -0.481 e. The number of para-hydroxylation sites is 1. The number of benzene rings is 1. The SMILES string of the molecule is COc1cc(-c2cc(C(=O)N3CCC(C(N)=O)CC3Cc3cc4ccccc4[nH]3)n[nH]2)c(Cl)cn1. The number of pyridine rings is 1. The number of carbonyl (C=O) groups is 2. The first-order chi connectivity index (χ1) is 16.9. The molecule has 35 heavy (non-hydrogen) atoms. The van der Waals surface area contributed by atoms with Crippen molar-refractivity contribution in [2.75, 3.05) is 13.7 Å². The molecule has 2 atom stereocenters. The lowest BCUT2D eigenvalue weighted by molar-refractivity contribution is -0.123. The van der Waals surface area contributed by atoms with Gasteiger partial charge in [0.1, 0.15) is 0 Å². The standard InChI is InChI=1S/C25H25ClN6O3/c1-35-23-11-18(19(26)13-28-23)21-12-22(31-30-21)25(34)32-7-6-15(24(27)33)9-17(32)10-16-8-14-4-2-3-5-20(14)29-16/h2-5,8,11-13,15,17,29H,6-7,9-10H2,1H3,(H2,27,33)(H,30,31). The predicted octanol–water partition coefficient (Wildman–Crippen LogP) is 3.56. The second kappa shape index (κ2) is 9.42. The van der Waals surface area contributed by atoms with E-state index in [0.717, 1.165) is 16.6 Å². The summed E-state index contributed by atoms with van der Waals surface area (Å²) < 4.78 is 5.18. The number of amides is 2. The number of likely N-dealkylation sites (tertiary alicyclic amines) is 1. The van der Waals surface area contributed by atoms with E-state index in [9.17, 15) is 9.59 Å². The molecule has 1 fully saturated rings. The number of nitrogens with zero attached hydrogens (tertiary/aromatic N) is 3. The molecule has 180 valence electrons. The molecule has 4 aromatic rings. The maximum Gasteiger partial charge on any atom is 0.274 e. The Balaban J connectivity index is 1.41. The van der Waals surface area contributed by atoms with Crippen LogP contribution < -0.4 is 10.5 Å². The van der Waals surface area contributed by atoms with Crippen molar-refractivity contribution < 1.29 is 14.3 Å². The summed E-state index contributed by atoms with van der Waals surface area (Å²) in [5.74, 6) is -0.416. The van der Waals surface area contributed by atoms with Gasteiger partial charge in [-0.05, 0) is 36.4 Å². The molecule has 0 aliphatic carbocycles. The number of nitrogens with two attached hydrogens (primary N) is 1. The highest BCUT2D eigenvalue weighted by atomic mass is 35.5. The van der Waals surface area contributed by atoms with Crippen LogP contribution in [0.15, 0.2) is 48.7 Å². The number of halogens is 1. The third kappa shape index (κ3) is 4.59. The Morgan fingerprint density at radius 3 is 2.86 bits per heavy atom. The number of H-pyrrole nitrogens is 2. The van der Waals surface area contributed by atoms with Crippen LogP contribution in [0.3, 0.4) is 0 Å². The van der Waals surface area contributed by atoms with Crippen LogP contribution in [0.25, 0.3) is 22.2 Å². The molecule has 5 rings (SSSR count). The number of methoxy groups -OCH3 is 1. The van der Waals surface area contributed by atoms with Gasteiger partial charge in [-0.1, -0.05) is 29.8 Å². The maximum absolute atomic E-state index is 13.5. The fourth-order valence-corrected chi connectivity index (χ4v) is 4.93. The summed E-state index contributed by atoms with van der Waals surface area (Å²) in [7, 11) is 1.52. The third-order valence-corrected chi connectivity index (χ3v) is 6.85. The van der Waals surface area contributed by atoms with Crippen molar-refractivity contribution in [1.29, 1.82) is 0 Å². The molecule has 0 spiro atoms. The Morgan fingerprint density at radius 1 is 1.26 bits per heavy atom. The predicted molar refractivity (Wildman–Crippen MR) is 132 cm³/mol. The van der Waals surface area contributed by atoms with Crippen molar-refractivity contribution in [3.63, 3.8) is 0 Å². The van der Waals surface area contributed by atoms with Crippen LogP contribution in [0, 0.1) is 5.92 Å². The van der Waals surface area contributed by atoms with Crippen LogP contribution in [-0.4, -0.2) is 56.6 Å². The molecule has 2 amide bonds. The highest BCUT2D eigenvalue weighted by Crippen LogP contribution is 2.31. The molecule has 0 saturated carbocycles. The van der Waals surface area contributed by atoms with E-state index in [4.69, 9.17) is 22.1 Å². The normalized spacial score (nSPS) is 18.1. The number of fused-ring (bicyclic) bond motifs is 1. The van der Waals surface area contributed by atoms with Crippen molar-refractivity contribution in [3.05, 3.63) is 65.1 Å². The van der Waals surface area contributed by atoms with Crippen LogP contribution in [0.4, 0.5) is 0 Å². The minimum absolute atomic E-state index is 0.202. The lowest BCUT2D eigenvalue weighted by Crippen LogP contribution is -2.49. The zero-order chi connectivity index (χ0) is 24.5. The van der Waals surface area contributed by atoms with Gasteiger partial charge in [-0.15, -0.1) is 0 Å². The number of hydrogen-bond acceptors (Lipinski definition) is 5. The van der Waals surface area contributed by atoms with Crippen molar-refractivity contribution in [3.8, 4) is 17.1 Å². The van der Waals surface area contributed by atoms with Crippen LogP contribution >= 0.6 is 11.6 Å². The van der Waals surface area contributed by atoms with Gasteiger partial charge in [0, 0.05) is 47.8 Å². The lowest BCUT2D eigenvalue weighted by atomic mass is 9.87. The smallest absolute Gasteiger partial charge is 0.274 e. The molecule has 1 aliphatic heterocycles. The summed E-state index contributed by atoms with van der Waals surface area (Å²) in [6.45, 7) is 0.420. The van der Waals surface area contributed by atoms with Crippen molar-refractivity contribution in [1.82, 2.24) is 25.1 Å². The maximum atomic E-state index is 13.5. The van der Waals surface area contributed by atoms with Crippen molar-refractivity contribution in [2.24, 2.45) is 11.7 Å². The van der Waals surface area contributed by atoms with E-state index in [1.54, 1.807) is 17.0 Å². The van der Waals surface area contributed by atoms with Gasteiger partial charge in [-0.25, -0.2) is 4.98 Å². The number of primary amides is 1. The first-order valence-electron chi connectivity index (χ1n) is 11.3. The van der Waals surface area contributed by atoms with E-state index in [1.165, 1.54) is 13.3 Å². The number of ether oxygens (including phenoxy) is 1. The van der Waals surface area contributed by atoms with E-state index in [-0.39, 0.29) is 29.5 Å². The second-order valence-electron chi connectivity index (χ2n) is 8.74. The molecule has 2 unspecified atom stereocenters. The monoisotopic (exact) mass is 492 g/mol. The van der Waals surface area contributed by atoms with E-state index in [0.29, 0.717) is 48.0 Å². The van der Waals surface area contributed by atoms with Gasteiger partial charge in [0.2, 0.25) is 11.8 Å². The molecule has 1 saturated heterocycles. The molecule has 0 radical (unpaired) electrons. The van der Waals surface area contributed by atoms with Crippen molar-refractivity contribution >= 4 is 34.3 Å². The number of aromatic nitrogens is 4. The zero-order valence-electron chi connectivity index (χ0n) is 19.1. The quantitative estimate of drug-likeness (QED) is 0.379. The summed E-state index contributed by atoms with van der Waals surface area (Å²) in [6, 6.07) is 13.2. The molecule has 10 heteroatoms. The number of aromatic amines is 2. The number of piperidine rings is 1. The Kier molecular flexibility index (Phi) is 6.17. The van der Waals surface area contributed by atoms with Crippen LogP contribution in [0.1, 0.15) is 29.0 Å². The number of carbonyl (C=O) groups excluding carboxylic acids is 2. The Hall–Kier alpha value is -3.85. The highest BCUT2D eigenvalue weighted by molar-refractivity contribution is 6.33. The van der Waals surface area contributed by atoms with E-state index in [1.807, 2.05) is 24.3 Å². The summed E-state index contributed by atoms with van der Waals surface area (Å²) in [4.78, 5) is 34.8. The first-order valence-corrected chi connectivity index (χ1v) is 11.7. The average molecular weight is 493 g/mol. The third-order valence-electron chi connectivity index (χ3n) is 6.55. The van der Waals surface area contributed by atoms with Crippen LogP contribution in [0.5, 0.6) is 5.88 Å². The summed E-state index contributed by atoms with van der Waals surface area (Å²) in [6.07, 6.45) is 3.09. The highest BCUT2D eigenvalue weighted by Gasteiger charge is 2.35. The largest absolute Gasteiger partial charge is 0.481 e. The topological polar surface area (TPSA) is 130 Å². The number of rotatable bonds is 6. The summed E-state index contributed by atoms with van der Waals surface area (Å²) in [5, 5.41) is 8.67. The van der Waals surface area contributed by atoms with Gasteiger partial charge in [0.25, 0.3) is 5.91 Å². The molecule has 9 nitrogen and oxygen atoms in total. The Labute approximate surface area is 206 Å². The van der Waals surface area contributed by atoms with Gasteiger partial charge in [0.15, 0.2) is 5.69 Å². The molecule has 0 bridgehead atoms.